The van der Waals surface area contributed by atoms with Crippen LogP contribution in [0.3, 0.4) is 0 Å². The zero-order valence-electron chi connectivity index (χ0n) is 15.0. The summed E-state index contributed by atoms with van der Waals surface area (Å²) >= 11 is 0. The highest BCUT2D eigenvalue weighted by molar-refractivity contribution is 5.67. The summed E-state index contributed by atoms with van der Waals surface area (Å²) in [5, 5.41) is 22.9. The minimum Gasteiger partial charge on any atom is -0.258 e. The zero-order chi connectivity index (χ0) is 18.1. The Morgan fingerprint density at radius 3 is 1.86 bits per heavy atom. The summed E-state index contributed by atoms with van der Waals surface area (Å²) < 4.78 is 16.2. The third-order valence-corrected chi connectivity index (χ3v) is 5.76. The topological polar surface area (TPSA) is 86.3 Å². The Bertz CT molecular complexity index is 755. The normalized spacial score (nSPS) is 21.2. The first-order valence-corrected chi connectivity index (χ1v) is 6.68. The van der Waals surface area contributed by atoms with Gasteiger partial charge in [0.1, 0.15) is 0 Å². The van der Waals surface area contributed by atoms with Crippen molar-refractivity contribution in [3.63, 3.8) is 0 Å². The number of nitro benzene ring substituents is 2. The maximum Gasteiger partial charge on any atom is 0.350 e. The third kappa shape index (κ3) is 1.86. The monoisotopic (exact) mass is 310 g/mol. The number of fused-ring (bicyclic) bond motifs is 1. The van der Waals surface area contributed by atoms with Crippen LogP contribution in [0.4, 0.5) is 11.4 Å². The average molecular weight is 310 g/mol. The number of hydrogen-bond donors (Lipinski definition) is 0. The Kier molecular flexibility index (Phi) is 3.23. The second-order valence-electron chi connectivity index (χ2n) is 7.09. The molecule has 0 bridgehead atoms. The van der Waals surface area contributed by atoms with E-state index in [1.807, 2.05) is 27.7 Å². The van der Waals surface area contributed by atoms with Gasteiger partial charge in [-0.3, -0.25) is 20.2 Å². The molecule has 22 heavy (non-hydrogen) atoms. The molecule has 0 saturated heterocycles. The van der Waals surface area contributed by atoms with Crippen LogP contribution in [0, 0.1) is 25.6 Å². The smallest absolute Gasteiger partial charge is 0.258 e. The van der Waals surface area contributed by atoms with Crippen molar-refractivity contribution < 1.29 is 12.6 Å². The van der Waals surface area contributed by atoms with Crippen molar-refractivity contribution >= 4 is 11.4 Å². The molecule has 1 aromatic rings. The van der Waals surface area contributed by atoms with Gasteiger partial charge in [0.15, 0.2) is 0 Å². The molecular formula is C16H24N2O4. The largest absolute Gasteiger partial charge is 0.350 e. The van der Waals surface area contributed by atoms with Crippen LogP contribution in [-0.2, 0) is 10.8 Å². The van der Waals surface area contributed by atoms with E-state index in [9.17, 15) is 20.2 Å². The van der Waals surface area contributed by atoms with E-state index in [1.165, 1.54) is 0 Å². The van der Waals surface area contributed by atoms with Gasteiger partial charge in [0, 0.05) is 17.0 Å². The molecule has 1 aliphatic rings. The number of benzene rings is 1. The van der Waals surface area contributed by atoms with Crippen molar-refractivity contribution in [2.75, 3.05) is 0 Å². The average Bonchev–Trinajstić information content (AvgIpc) is 2.48. The third-order valence-electron chi connectivity index (χ3n) is 5.76. The molecule has 0 atom stereocenters. The van der Waals surface area contributed by atoms with Crippen LogP contribution < -0.4 is 0 Å². The summed E-state index contributed by atoms with van der Waals surface area (Å²) in [6.07, 6.45) is 0. The van der Waals surface area contributed by atoms with E-state index in [4.69, 9.17) is 2.74 Å². The van der Waals surface area contributed by atoms with Gasteiger partial charge in [-0.15, -0.1) is 0 Å². The number of rotatable bonds is 2. The fourth-order valence-electron chi connectivity index (χ4n) is 3.27. The zero-order valence-corrected chi connectivity index (χ0v) is 13.0. The fourth-order valence-corrected chi connectivity index (χ4v) is 3.27. The van der Waals surface area contributed by atoms with Crippen molar-refractivity contribution in [3.05, 3.63) is 43.4 Å². The van der Waals surface area contributed by atoms with Gasteiger partial charge in [-0.05, 0) is 16.4 Å². The van der Waals surface area contributed by atoms with Gasteiger partial charge in [0.25, 0.3) is 0 Å². The van der Waals surface area contributed by atoms with E-state index in [0.717, 1.165) is 0 Å². The van der Waals surface area contributed by atoms with E-state index in [0.29, 0.717) is 5.56 Å². The molecule has 6 nitrogen and oxygen atoms in total. The van der Waals surface area contributed by atoms with Gasteiger partial charge in [-0.2, -0.15) is 0 Å². The fraction of sp³-hybridized carbons (Fsp3) is 0.625. The molecule has 1 aromatic carbocycles. The van der Waals surface area contributed by atoms with E-state index in [1.54, 1.807) is 13.8 Å². The summed E-state index contributed by atoms with van der Waals surface area (Å²) in [5.74, 6) is 0. The van der Waals surface area contributed by atoms with Gasteiger partial charge < -0.3 is 0 Å². The van der Waals surface area contributed by atoms with Crippen LogP contribution in [0.15, 0.2) is 12.1 Å². The second kappa shape index (κ2) is 4.76. The highest BCUT2D eigenvalue weighted by Gasteiger charge is 2.60. The van der Waals surface area contributed by atoms with Crippen LogP contribution in [0.2, 0.25) is 0 Å². The van der Waals surface area contributed by atoms with Crippen LogP contribution in [0.1, 0.15) is 62.8 Å². The molecule has 0 amide bonds. The summed E-state index contributed by atoms with van der Waals surface area (Å²) in [5.41, 5.74) is -2.85. The minimum absolute atomic E-state index is 0. The maximum absolute atomic E-state index is 11.6. The summed E-state index contributed by atoms with van der Waals surface area (Å²) in [4.78, 5) is 21.2. The molecule has 0 spiro atoms. The lowest BCUT2D eigenvalue weighted by Crippen LogP contribution is -2.42. The molecule has 2 rings (SSSR count). The summed E-state index contributed by atoms with van der Waals surface area (Å²) in [6, 6.07) is -0.983. The highest BCUT2D eigenvalue weighted by atomic mass is 16.6. The Hall–Kier alpha value is -1.98. The number of nitro groups is 2. The van der Waals surface area contributed by atoms with Crippen LogP contribution in [0.25, 0.3) is 0 Å². The van der Waals surface area contributed by atoms with Gasteiger partial charge in [-0.1, -0.05) is 55.0 Å². The van der Waals surface area contributed by atoms with Crippen LogP contribution >= 0.6 is 0 Å². The van der Waals surface area contributed by atoms with E-state index in [-0.39, 0.29) is 19.0 Å². The van der Waals surface area contributed by atoms with E-state index < -0.39 is 43.5 Å². The molecule has 0 fully saturated rings. The van der Waals surface area contributed by atoms with Gasteiger partial charge in [0.05, 0.1) is 12.6 Å². The molecule has 0 unspecified atom stereocenters. The van der Waals surface area contributed by atoms with Gasteiger partial charge >= 0.3 is 11.4 Å². The molecule has 0 radical (unpaired) electrons. The van der Waals surface area contributed by atoms with Crippen molar-refractivity contribution in [2.45, 2.75) is 59.8 Å². The summed E-state index contributed by atoms with van der Waals surface area (Å²) in [6.45, 7) is 11.2. The van der Waals surface area contributed by atoms with E-state index >= 15 is 0 Å². The molecule has 1 aliphatic carbocycles. The highest BCUT2D eigenvalue weighted by Crippen LogP contribution is 2.64. The number of hydrogen-bond acceptors (Lipinski definition) is 4. The lowest BCUT2D eigenvalue weighted by Gasteiger charge is -2.44. The molecule has 0 aromatic heterocycles. The molecule has 0 saturated carbocycles. The molecule has 6 heteroatoms. The lowest BCUT2D eigenvalue weighted by atomic mass is 9.59. The Morgan fingerprint density at radius 1 is 0.955 bits per heavy atom. The SMILES string of the molecule is C.[2H]c1c([2H])c2c(c([N+](=O)[O-])c1[N+](=O)[O-])C(C)(C)C(C)(C)C2(C)C. The Morgan fingerprint density at radius 2 is 1.45 bits per heavy atom. The first-order chi connectivity index (χ1) is 10.2. The molecular weight excluding hydrogens is 284 g/mol. The molecule has 0 heterocycles. The van der Waals surface area contributed by atoms with Crippen molar-refractivity contribution in [3.8, 4) is 0 Å². The predicted octanol–water partition coefficient (Wildman–Crippen LogP) is 4.73. The van der Waals surface area contributed by atoms with Crippen molar-refractivity contribution in [2.24, 2.45) is 5.41 Å². The maximum atomic E-state index is 11.6. The Labute approximate surface area is 133 Å². The van der Waals surface area contributed by atoms with Crippen LogP contribution in [0.5, 0.6) is 0 Å². The lowest BCUT2D eigenvalue weighted by molar-refractivity contribution is -0.423. The number of nitrogens with zero attached hydrogens (tertiary/aromatic N) is 2. The molecule has 0 N–H and O–H groups in total. The quantitative estimate of drug-likeness (QED) is 0.583. The van der Waals surface area contributed by atoms with Crippen LogP contribution in [-0.4, -0.2) is 9.85 Å². The second-order valence-corrected chi connectivity index (χ2v) is 7.09. The van der Waals surface area contributed by atoms with Crippen molar-refractivity contribution in [1.82, 2.24) is 0 Å². The van der Waals surface area contributed by atoms with Crippen molar-refractivity contribution in [1.29, 1.82) is 0 Å². The first kappa shape index (κ1) is 14.9. The standard InChI is InChI=1S/C15H20N2O4.CH4/c1-13(2)9-7-8-10(16(18)19)12(17(20)21)11(9)14(3,4)15(13,5)6;/h7-8H,1-6H3;1H4/i7D,8D;. The first-order valence-electron chi connectivity index (χ1n) is 7.68. The molecule has 122 valence electrons. The molecule has 0 aliphatic heterocycles. The van der Waals surface area contributed by atoms with Gasteiger partial charge in [-0.25, -0.2) is 0 Å². The Balaban J connectivity index is 0.00000288. The minimum atomic E-state index is -0.923. The predicted molar refractivity (Wildman–Crippen MR) is 86.3 cm³/mol. The van der Waals surface area contributed by atoms with Gasteiger partial charge in [0.2, 0.25) is 0 Å². The summed E-state index contributed by atoms with van der Waals surface area (Å²) in [7, 11) is 0. The van der Waals surface area contributed by atoms with E-state index in [2.05, 4.69) is 0 Å².